The maximum absolute atomic E-state index is 5.36. The number of benzene rings is 1. The molecule has 5 nitrogen and oxygen atoms in total. The highest BCUT2D eigenvalue weighted by Crippen LogP contribution is 2.34. The topological polar surface area (TPSA) is 56.7 Å². The van der Waals surface area contributed by atoms with E-state index < -0.39 is 0 Å². The van der Waals surface area contributed by atoms with Crippen LogP contribution in [-0.2, 0) is 6.42 Å². The van der Waals surface area contributed by atoms with Crippen molar-refractivity contribution in [2.75, 3.05) is 0 Å². The van der Waals surface area contributed by atoms with Crippen LogP contribution in [0, 0.1) is 0 Å². The molecule has 0 aliphatic heterocycles. The number of aryl methyl sites for hydroxylation is 1. The van der Waals surface area contributed by atoms with Crippen molar-refractivity contribution in [1.82, 2.24) is 19.7 Å². The summed E-state index contributed by atoms with van der Waals surface area (Å²) in [4.78, 5) is 8.90. The molecule has 2 heterocycles. The van der Waals surface area contributed by atoms with Crippen LogP contribution in [0.4, 0.5) is 0 Å². The molecule has 0 aliphatic rings. The number of aromatic nitrogens is 4. The fraction of sp³-hybridized carbons (Fsp3) is 0.312. The van der Waals surface area contributed by atoms with E-state index in [9.17, 15) is 0 Å². The largest absolute Gasteiger partial charge is 0.338 e. The first-order chi connectivity index (χ1) is 11.2. The highest BCUT2D eigenvalue weighted by Gasteiger charge is 2.18. The molecule has 0 radical (unpaired) electrons. The average molecular weight is 393 g/mol. The molecule has 1 atom stereocenters. The highest BCUT2D eigenvalue weighted by molar-refractivity contribution is 9.10. The molecule has 7 heteroatoms. The van der Waals surface area contributed by atoms with E-state index in [4.69, 9.17) is 4.52 Å². The molecule has 0 bridgehead atoms. The van der Waals surface area contributed by atoms with Gasteiger partial charge in [-0.1, -0.05) is 39.8 Å². The van der Waals surface area contributed by atoms with Crippen molar-refractivity contribution in [2.24, 2.45) is 0 Å². The van der Waals surface area contributed by atoms with Crippen LogP contribution >= 0.6 is 27.7 Å². The van der Waals surface area contributed by atoms with Crippen molar-refractivity contribution in [3.05, 3.63) is 52.8 Å². The lowest BCUT2D eigenvalue weighted by Crippen LogP contribution is -1.97. The summed E-state index contributed by atoms with van der Waals surface area (Å²) in [5.41, 5.74) is 1.07. The van der Waals surface area contributed by atoms with Gasteiger partial charge in [0.1, 0.15) is 0 Å². The normalized spacial score (nSPS) is 12.5. The number of imidazole rings is 1. The summed E-state index contributed by atoms with van der Waals surface area (Å²) in [5, 5.41) is 4.96. The third-order valence-electron chi connectivity index (χ3n) is 3.30. The van der Waals surface area contributed by atoms with Gasteiger partial charge in [-0.05, 0) is 37.6 Å². The quantitative estimate of drug-likeness (QED) is 0.562. The van der Waals surface area contributed by atoms with Gasteiger partial charge in [-0.2, -0.15) is 4.98 Å². The SMILES string of the molecule is CCCc1noc([C@H](C)Sc2nccn2-c2ccc(Br)cc2)n1. The van der Waals surface area contributed by atoms with E-state index in [0.29, 0.717) is 5.89 Å². The predicted octanol–water partition coefficient (Wildman–Crippen LogP) is 4.82. The number of hydrogen-bond acceptors (Lipinski definition) is 5. The Morgan fingerprint density at radius 3 is 2.83 bits per heavy atom. The average Bonchev–Trinajstić information content (AvgIpc) is 3.18. The Labute approximate surface area is 147 Å². The van der Waals surface area contributed by atoms with Gasteiger partial charge in [-0.15, -0.1) is 0 Å². The molecule has 0 spiro atoms. The van der Waals surface area contributed by atoms with Crippen LogP contribution in [-0.4, -0.2) is 19.7 Å². The number of halogens is 1. The van der Waals surface area contributed by atoms with Crippen LogP contribution in [0.3, 0.4) is 0 Å². The van der Waals surface area contributed by atoms with Crippen molar-refractivity contribution in [1.29, 1.82) is 0 Å². The zero-order valence-corrected chi connectivity index (χ0v) is 15.3. The second-order valence-corrected chi connectivity index (χ2v) is 7.34. The van der Waals surface area contributed by atoms with Gasteiger partial charge in [0.25, 0.3) is 0 Å². The van der Waals surface area contributed by atoms with Gasteiger partial charge in [0, 0.05) is 29.0 Å². The van der Waals surface area contributed by atoms with Gasteiger partial charge >= 0.3 is 0 Å². The lowest BCUT2D eigenvalue weighted by atomic mass is 10.3. The van der Waals surface area contributed by atoms with Crippen molar-refractivity contribution < 1.29 is 4.52 Å². The van der Waals surface area contributed by atoms with E-state index in [1.165, 1.54) is 0 Å². The fourth-order valence-corrected chi connectivity index (χ4v) is 3.32. The zero-order valence-electron chi connectivity index (χ0n) is 12.9. The van der Waals surface area contributed by atoms with Crippen LogP contribution in [0.2, 0.25) is 0 Å². The first-order valence-electron chi connectivity index (χ1n) is 7.45. The summed E-state index contributed by atoms with van der Waals surface area (Å²) in [6.07, 6.45) is 5.60. The van der Waals surface area contributed by atoms with Crippen molar-refractivity contribution in [3.63, 3.8) is 0 Å². The van der Waals surface area contributed by atoms with E-state index in [1.54, 1.807) is 18.0 Å². The van der Waals surface area contributed by atoms with Crippen LogP contribution in [0.15, 0.2) is 50.8 Å². The molecule has 0 fully saturated rings. The number of hydrogen-bond donors (Lipinski definition) is 0. The first-order valence-corrected chi connectivity index (χ1v) is 9.13. The Bertz CT molecular complexity index is 768. The van der Waals surface area contributed by atoms with Gasteiger partial charge in [-0.25, -0.2) is 4.98 Å². The van der Waals surface area contributed by atoms with Gasteiger partial charge < -0.3 is 4.52 Å². The standard InChI is InChI=1S/C16H17BrN4OS/c1-3-4-14-19-15(22-20-14)11(2)23-16-18-9-10-21(16)13-7-5-12(17)6-8-13/h5-11H,3-4H2,1-2H3/t11-/m0/s1. The predicted molar refractivity (Wildman–Crippen MR) is 93.8 cm³/mol. The molecule has 0 amide bonds. The maximum Gasteiger partial charge on any atom is 0.239 e. The summed E-state index contributed by atoms with van der Waals surface area (Å²) in [6, 6.07) is 8.13. The van der Waals surface area contributed by atoms with E-state index >= 15 is 0 Å². The van der Waals surface area contributed by atoms with Crippen molar-refractivity contribution >= 4 is 27.7 Å². The van der Waals surface area contributed by atoms with Crippen LogP contribution < -0.4 is 0 Å². The first kappa shape index (κ1) is 16.3. The fourth-order valence-electron chi connectivity index (χ4n) is 2.14. The number of thioether (sulfide) groups is 1. The Balaban J connectivity index is 1.77. The molecule has 3 aromatic rings. The van der Waals surface area contributed by atoms with Gasteiger partial charge in [0.05, 0.1) is 5.25 Å². The van der Waals surface area contributed by atoms with Crippen LogP contribution in [0.5, 0.6) is 0 Å². The van der Waals surface area contributed by atoms with Gasteiger partial charge in [0.2, 0.25) is 5.89 Å². The summed E-state index contributed by atoms with van der Waals surface area (Å²) in [5.74, 6) is 1.41. The van der Waals surface area contributed by atoms with Gasteiger partial charge in [-0.3, -0.25) is 4.57 Å². The van der Waals surface area contributed by atoms with E-state index in [-0.39, 0.29) is 5.25 Å². The van der Waals surface area contributed by atoms with Crippen molar-refractivity contribution in [3.8, 4) is 5.69 Å². The number of rotatable bonds is 6. The van der Waals surface area contributed by atoms with Gasteiger partial charge in [0.15, 0.2) is 11.0 Å². The molecule has 0 aliphatic carbocycles. The van der Waals surface area contributed by atoms with E-state index in [2.05, 4.69) is 49.5 Å². The molecule has 0 unspecified atom stereocenters. The Hall–Kier alpha value is -1.60. The third-order valence-corrected chi connectivity index (χ3v) is 4.90. The summed E-state index contributed by atoms with van der Waals surface area (Å²) in [6.45, 7) is 4.15. The molecule has 120 valence electrons. The molecule has 23 heavy (non-hydrogen) atoms. The molecule has 2 aromatic heterocycles. The Morgan fingerprint density at radius 1 is 1.30 bits per heavy atom. The minimum Gasteiger partial charge on any atom is -0.338 e. The van der Waals surface area contributed by atoms with E-state index in [0.717, 1.165) is 34.0 Å². The minimum absolute atomic E-state index is 0.0460. The molecular weight excluding hydrogens is 376 g/mol. The smallest absolute Gasteiger partial charge is 0.239 e. The molecule has 3 rings (SSSR count). The highest BCUT2D eigenvalue weighted by atomic mass is 79.9. The Morgan fingerprint density at radius 2 is 2.09 bits per heavy atom. The molecule has 1 aromatic carbocycles. The lowest BCUT2D eigenvalue weighted by molar-refractivity contribution is 0.374. The summed E-state index contributed by atoms with van der Waals surface area (Å²) < 4.78 is 8.47. The monoisotopic (exact) mass is 392 g/mol. The molecule has 0 N–H and O–H groups in total. The van der Waals surface area contributed by atoms with Crippen molar-refractivity contribution in [2.45, 2.75) is 37.1 Å². The number of nitrogens with zero attached hydrogens (tertiary/aromatic N) is 4. The Kier molecular flexibility index (Phi) is 5.17. The zero-order chi connectivity index (χ0) is 16.2. The second kappa shape index (κ2) is 7.31. The van der Waals surface area contributed by atoms with Crippen LogP contribution in [0.1, 0.15) is 37.2 Å². The minimum atomic E-state index is 0.0460. The lowest BCUT2D eigenvalue weighted by Gasteiger charge is -2.09. The maximum atomic E-state index is 5.36. The molecule has 0 saturated carbocycles. The molecular formula is C16H17BrN4OS. The van der Waals surface area contributed by atoms with E-state index in [1.807, 2.05) is 30.5 Å². The second-order valence-electron chi connectivity index (χ2n) is 5.12. The third kappa shape index (κ3) is 3.84. The van der Waals surface area contributed by atoms with Crippen LogP contribution in [0.25, 0.3) is 5.69 Å². The summed E-state index contributed by atoms with van der Waals surface area (Å²) >= 11 is 5.06. The summed E-state index contributed by atoms with van der Waals surface area (Å²) in [7, 11) is 0. The molecule has 0 saturated heterocycles.